The summed E-state index contributed by atoms with van der Waals surface area (Å²) in [5.41, 5.74) is 0. The quantitative estimate of drug-likeness (QED) is 0.862. The number of sulfonamides is 1. The van der Waals surface area contributed by atoms with Crippen LogP contribution in [0.2, 0.25) is 0 Å². The Morgan fingerprint density at radius 2 is 2.16 bits per heavy atom. The monoisotopic (exact) mass is 322 g/mol. The first-order valence-electron chi connectivity index (χ1n) is 5.91. The van der Waals surface area contributed by atoms with Gasteiger partial charge in [0.05, 0.1) is 4.90 Å². The number of benzene rings is 1. The van der Waals surface area contributed by atoms with Gasteiger partial charge in [0.2, 0.25) is 10.0 Å². The second-order valence-electron chi connectivity index (χ2n) is 4.40. The number of halogens is 1. The number of thioether (sulfide) groups is 1. The summed E-state index contributed by atoms with van der Waals surface area (Å²) in [7, 11) is -3.35. The van der Waals surface area contributed by atoms with Crippen molar-refractivity contribution in [2.24, 2.45) is 0 Å². The van der Waals surface area contributed by atoms with E-state index in [1.807, 2.05) is 19.2 Å². The minimum atomic E-state index is -3.35. The van der Waals surface area contributed by atoms with E-state index < -0.39 is 10.0 Å². The molecule has 1 unspecified atom stereocenters. The molecule has 1 aliphatic rings. The number of hydrogen-bond acceptors (Lipinski definition) is 4. The molecule has 4 nitrogen and oxygen atoms in total. The van der Waals surface area contributed by atoms with Gasteiger partial charge in [0.15, 0.2) is 0 Å². The summed E-state index contributed by atoms with van der Waals surface area (Å²) in [6.07, 6.45) is 1.94. The van der Waals surface area contributed by atoms with Crippen molar-refractivity contribution >= 4 is 34.2 Å². The number of hydrogen-bond donors (Lipinski definition) is 1. The van der Waals surface area contributed by atoms with Crippen LogP contribution in [0.5, 0.6) is 0 Å². The maximum absolute atomic E-state index is 12.5. The van der Waals surface area contributed by atoms with Crippen molar-refractivity contribution in [2.75, 3.05) is 25.9 Å². The molecule has 1 aromatic carbocycles. The maximum Gasteiger partial charge on any atom is 0.243 e. The van der Waals surface area contributed by atoms with Gasteiger partial charge in [-0.1, -0.05) is 6.07 Å². The van der Waals surface area contributed by atoms with Gasteiger partial charge in [-0.15, -0.1) is 24.2 Å². The lowest BCUT2D eigenvalue weighted by Gasteiger charge is -2.31. The molecule has 0 radical (unpaired) electrons. The fraction of sp³-hybridized carbons (Fsp3) is 0.500. The average Bonchev–Trinajstić information content (AvgIpc) is 2.39. The molecule has 2 rings (SSSR count). The van der Waals surface area contributed by atoms with Crippen LogP contribution in [-0.2, 0) is 10.0 Å². The van der Waals surface area contributed by atoms with Crippen LogP contribution in [0.1, 0.15) is 6.92 Å². The topological polar surface area (TPSA) is 49.4 Å². The molecule has 0 amide bonds. The second-order valence-corrected chi connectivity index (χ2v) is 7.21. The summed E-state index contributed by atoms with van der Waals surface area (Å²) in [6, 6.07) is 7.33. The minimum Gasteiger partial charge on any atom is -0.312 e. The Bertz CT molecular complexity index is 522. The van der Waals surface area contributed by atoms with Gasteiger partial charge >= 0.3 is 0 Å². The van der Waals surface area contributed by atoms with E-state index in [2.05, 4.69) is 5.32 Å². The predicted molar refractivity (Wildman–Crippen MR) is 81.7 cm³/mol. The summed E-state index contributed by atoms with van der Waals surface area (Å²) in [4.78, 5) is 1.36. The largest absolute Gasteiger partial charge is 0.312 e. The first-order valence-corrected chi connectivity index (χ1v) is 8.58. The van der Waals surface area contributed by atoms with E-state index in [1.54, 1.807) is 34.3 Å². The molecule has 0 spiro atoms. The van der Waals surface area contributed by atoms with Crippen molar-refractivity contribution in [3.8, 4) is 0 Å². The van der Waals surface area contributed by atoms with Crippen molar-refractivity contribution in [3.63, 3.8) is 0 Å². The second kappa shape index (κ2) is 6.95. The standard InChI is InChI=1S/C12H18N2O2S2.ClH/c1-10-9-14(7-6-13-10)18(15,16)12-5-3-4-11(8-12)17-2;/h3-5,8,10,13H,6-7,9H2,1-2H3;1H. The first kappa shape index (κ1) is 16.8. The van der Waals surface area contributed by atoms with Gasteiger partial charge in [-0.2, -0.15) is 4.31 Å². The van der Waals surface area contributed by atoms with E-state index in [-0.39, 0.29) is 18.4 Å². The SMILES string of the molecule is CSc1cccc(S(=O)(=O)N2CCNC(C)C2)c1.Cl. The highest BCUT2D eigenvalue weighted by Crippen LogP contribution is 2.22. The molecular weight excluding hydrogens is 304 g/mol. The minimum absolute atomic E-state index is 0. The fourth-order valence-corrected chi connectivity index (χ4v) is 4.14. The Hall–Kier alpha value is -0.270. The Morgan fingerprint density at radius 3 is 2.79 bits per heavy atom. The van der Waals surface area contributed by atoms with E-state index in [9.17, 15) is 8.42 Å². The summed E-state index contributed by atoms with van der Waals surface area (Å²) in [5.74, 6) is 0. The van der Waals surface area contributed by atoms with Crippen LogP contribution >= 0.6 is 24.2 Å². The van der Waals surface area contributed by atoms with Crippen LogP contribution < -0.4 is 5.32 Å². The highest BCUT2D eigenvalue weighted by Gasteiger charge is 2.28. The molecule has 1 atom stereocenters. The van der Waals surface area contributed by atoms with E-state index in [4.69, 9.17) is 0 Å². The highest BCUT2D eigenvalue weighted by atomic mass is 35.5. The van der Waals surface area contributed by atoms with Gasteiger partial charge in [-0.05, 0) is 31.4 Å². The van der Waals surface area contributed by atoms with Crippen LogP contribution in [0.3, 0.4) is 0 Å². The summed E-state index contributed by atoms with van der Waals surface area (Å²) in [6.45, 7) is 3.78. The number of nitrogens with zero attached hydrogens (tertiary/aromatic N) is 1. The number of piperazine rings is 1. The van der Waals surface area contributed by atoms with Gasteiger partial charge in [0.25, 0.3) is 0 Å². The summed E-state index contributed by atoms with van der Waals surface area (Å²) >= 11 is 1.55. The molecular formula is C12H19ClN2O2S2. The van der Waals surface area contributed by atoms with Crippen LogP contribution in [0.4, 0.5) is 0 Å². The van der Waals surface area contributed by atoms with Crippen LogP contribution in [0, 0.1) is 0 Å². The zero-order valence-electron chi connectivity index (χ0n) is 11.0. The maximum atomic E-state index is 12.5. The summed E-state index contributed by atoms with van der Waals surface area (Å²) < 4.78 is 26.5. The Morgan fingerprint density at radius 1 is 1.42 bits per heavy atom. The molecule has 108 valence electrons. The Kier molecular flexibility index (Phi) is 6.14. The molecule has 1 N–H and O–H groups in total. The van der Waals surface area contributed by atoms with E-state index in [0.717, 1.165) is 4.90 Å². The third-order valence-electron chi connectivity index (χ3n) is 3.01. The molecule has 0 aliphatic carbocycles. The van der Waals surface area contributed by atoms with Crippen molar-refractivity contribution < 1.29 is 8.42 Å². The van der Waals surface area contributed by atoms with Gasteiger partial charge in [0.1, 0.15) is 0 Å². The molecule has 1 aliphatic heterocycles. The highest BCUT2D eigenvalue weighted by molar-refractivity contribution is 7.98. The van der Waals surface area contributed by atoms with Crippen molar-refractivity contribution in [3.05, 3.63) is 24.3 Å². The number of rotatable bonds is 3. The lowest BCUT2D eigenvalue weighted by atomic mass is 10.3. The van der Waals surface area contributed by atoms with Crippen molar-refractivity contribution in [1.82, 2.24) is 9.62 Å². The normalized spacial score (nSPS) is 20.8. The first-order chi connectivity index (χ1) is 8.54. The van der Waals surface area contributed by atoms with Gasteiger partial charge in [-0.25, -0.2) is 8.42 Å². The molecule has 1 fully saturated rings. The average molecular weight is 323 g/mol. The fourth-order valence-electron chi connectivity index (χ4n) is 2.03. The Balaban J connectivity index is 0.00000180. The smallest absolute Gasteiger partial charge is 0.243 e. The molecule has 1 heterocycles. The van der Waals surface area contributed by atoms with Crippen LogP contribution in [0.25, 0.3) is 0 Å². The van der Waals surface area contributed by atoms with Crippen molar-refractivity contribution in [2.45, 2.75) is 22.8 Å². The zero-order valence-corrected chi connectivity index (χ0v) is 13.4. The van der Waals surface area contributed by atoms with Gasteiger partial charge in [0, 0.05) is 30.6 Å². The Labute approximate surface area is 125 Å². The predicted octanol–water partition coefficient (Wildman–Crippen LogP) is 1.81. The lowest BCUT2D eigenvalue weighted by molar-refractivity contribution is 0.310. The molecule has 1 aromatic rings. The summed E-state index contributed by atoms with van der Waals surface area (Å²) in [5, 5.41) is 3.25. The molecule has 7 heteroatoms. The van der Waals surface area contributed by atoms with Crippen LogP contribution in [-0.4, -0.2) is 44.7 Å². The van der Waals surface area contributed by atoms with E-state index >= 15 is 0 Å². The van der Waals surface area contributed by atoms with Crippen molar-refractivity contribution in [1.29, 1.82) is 0 Å². The number of nitrogens with one attached hydrogen (secondary N) is 1. The van der Waals surface area contributed by atoms with E-state index in [1.165, 1.54) is 0 Å². The molecule has 19 heavy (non-hydrogen) atoms. The van der Waals surface area contributed by atoms with Gasteiger partial charge in [-0.3, -0.25) is 0 Å². The van der Waals surface area contributed by atoms with Gasteiger partial charge < -0.3 is 5.32 Å². The third kappa shape index (κ3) is 3.86. The third-order valence-corrected chi connectivity index (χ3v) is 5.60. The molecule has 1 saturated heterocycles. The molecule has 0 bridgehead atoms. The molecule has 0 saturated carbocycles. The zero-order chi connectivity index (χ0) is 13.2. The molecule has 0 aromatic heterocycles. The lowest BCUT2D eigenvalue weighted by Crippen LogP contribution is -2.51. The van der Waals surface area contributed by atoms with Crippen LogP contribution in [0.15, 0.2) is 34.1 Å². The van der Waals surface area contributed by atoms with E-state index in [0.29, 0.717) is 24.5 Å².